The molecule has 0 atom stereocenters. The molecule has 3 N–H and O–H groups in total. The van der Waals surface area contributed by atoms with Gasteiger partial charge in [-0.15, -0.1) is 0 Å². The second-order valence-electron chi connectivity index (χ2n) is 4.71. The van der Waals surface area contributed by atoms with Gasteiger partial charge in [-0.3, -0.25) is 5.10 Å². The van der Waals surface area contributed by atoms with Gasteiger partial charge >= 0.3 is 6.18 Å². The average molecular weight is 323 g/mol. The van der Waals surface area contributed by atoms with Crippen molar-refractivity contribution in [2.24, 2.45) is 0 Å². The number of nitrogens with one attached hydrogen (secondary N) is 2. The summed E-state index contributed by atoms with van der Waals surface area (Å²) in [6, 6.07) is 5.41. The van der Waals surface area contributed by atoms with E-state index in [9.17, 15) is 13.2 Å². The number of pyridine rings is 2. The molecular formula is C14H12F3N5O. The smallest absolute Gasteiger partial charge is 0.395 e. The van der Waals surface area contributed by atoms with Gasteiger partial charge in [0.1, 0.15) is 11.5 Å². The predicted molar refractivity (Wildman–Crippen MR) is 77.7 cm³/mol. The van der Waals surface area contributed by atoms with Crippen LogP contribution in [0.5, 0.6) is 0 Å². The van der Waals surface area contributed by atoms with E-state index >= 15 is 0 Å². The highest BCUT2D eigenvalue weighted by Gasteiger charge is 2.35. The van der Waals surface area contributed by atoms with Gasteiger partial charge in [-0.05, 0) is 24.3 Å². The molecular weight excluding hydrogens is 311 g/mol. The highest BCUT2D eigenvalue weighted by molar-refractivity contribution is 5.90. The summed E-state index contributed by atoms with van der Waals surface area (Å²) in [7, 11) is 0. The van der Waals surface area contributed by atoms with Crippen LogP contribution in [0.15, 0.2) is 30.5 Å². The lowest BCUT2D eigenvalue weighted by Crippen LogP contribution is -2.12. The fourth-order valence-electron chi connectivity index (χ4n) is 2.19. The number of fused-ring (bicyclic) bond motifs is 1. The third kappa shape index (κ3) is 2.95. The van der Waals surface area contributed by atoms with E-state index in [1.54, 1.807) is 12.1 Å². The Bertz CT molecular complexity index is 831. The van der Waals surface area contributed by atoms with Crippen LogP contribution in [0.2, 0.25) is 0 Å². The number of halogens is 3. The lowest BCUT2D eigenvalue weighted by atomic mass is 10.1. The van der Waals surface area contributed by atoms with E-state index in [4.69, 9.17) is 5.11 Å². The van der Waals surface area contributed by atoms with Crippen molar-refractivity contribution in [3.05, 3.63) is 36.0 Å². The molecule has 3 rings (SSSR count). The molecule has 0 bridgehead atoms. The molecule has 3 aromatic heterocycles. The number of H-pyrrole nitrogens is 1. The summed E-state index contributed by atoms with van der Waals surface area (Å²) in [5.74, 6) is 0.230. The Balaban J connectivity index is 2.18. The molecule has 0 amide bonds. The molecule has 0 saturated carbocycles. The van der Waals surface area contributed by atoms with Crippen molar-refractivity contribution in [2.45, 2.75) is 6.18 Å². The summed E-state index contributed by atoms with van der Waals surface area (Å²) in [6.45, 7) is 0.0258. The molecule has 0 saturated heterocycles. The standard InChI is InChI=1S/C14H12F3N5O/c15-14(16,17)9-3-4-10(18-6-7-23)20-12(9)11-8-2-1-5-19-13(8)22-21-11/h1-5,23H,6-7H2,(H,18,20)(H,19,21,22). The van der Waals surface area contributed by atoms with Gasteiger partial charge in [0.15, 0.2) is 5.65 Å². The van der Waals surface area contributed by atoms with E-state index < -0.39 is 11.7 Å². The first-order valence-electron chi connectivity index (χ1n) is 6.73. The Hall–Kier alpha value is -2.68. The largest absolute Gasteiger partial charge is 0.418 e. The van der Waals surface area contributed by atoms with Gasteiger partial charge in [-0.25, -0.2) is 9.97 Å². The van der Waals surface area contributed by atoms with Crippen LogP contribution in [-0.4, -0.2) is 38.4 Å². The van der Waals surface area contributed by atoms with Crippen LogP contribution in [0.4, 0.5) is 19.0 Å². The first-order chi connectivity index (χ1) is 11.0. The highest BCUT2D eigenvalue weighted by atomic mass is 19.4. The molecule has 0 fully saturated rings. The maximum Gasteiger partial charge on any atom is 0.418 e. The zero-order valence-corrected chi connectivity index (χ0v) is 11.7. The minimum atomic E-state index is -4.56. The summed E-state index contributed by atoms with van der Waals surface area (Å²) in [4.78, 5) is 8.02. The monoisotopic (exact) mass is 323 g/mol. The van der Waals surface area contributed by atoms with Crippen molar-refractivity contribution in [3.8, 4) is 11.4 Å². The summed E-state index contributed by atoms with van der Waals surface area (Å²) >= 11 is 0. The Morgan fingerprint density at radius 2 is 2.04 bits per heavy atom. The minimum Gasteiger partial charge on any atom is -0.395 e. The molecule has 0 spiro atoms. The average Bonchev–Trinajstić information content (AvgIpc) is 2.95. The number of anilines is 1. The van der Waals surface area contributed by atoms with Gasteiger partial charge < -0.3 is 10.4 Å². The number of alkyl halides is 3. The number of hydrogen-bond acceptors (Lipinski definition) is 5. The Morgan fingerprint density at radius 1 is 1.22 bits per heavy atom. The Morgan fingerprint density at radius 3 is 2.78 bits per heavy atom. The van der Waals surface area contributed by atoms with E-state index in [-0.39, 0.29) is 30.4 Å². The molecule has 120 valence electrons. The number of rotatable bonds is 4. The lowest BCUT2D eigenvalue weighted by molar-refractivity contribution is -0.137. The summed E-state index contributed by atoms with van der Waals surface area (Å²) in [5.41, 5.74) is -0.684. The molecule has 3 heterocycles. The molecule has 0 unspecified atom stereocenters. The molecule has 0 radical (unpaired) electrons. The Kier molecular flexibility index (Phi) is 3.87. The van der Waals surface area contributed by atoms with Crippen LogP contribution in [0.1, 0.15) is 5.56 Å². The third-order valence-corrected chi connectivity index (χ3v) is 3.18. The molecule has 0 aliphatic rings. The second-order valence-corrected chi connectivity index (χ2v) is 4.71. The van der Waals surface area contributed by atoms with Crippen molar-refractivity contribution >= 4 is 16.9 Å². The van der Waals surface area contributed by atoms with Crippen LogP contribution in [-0.2, 0) is 6.18 Å². The normalized spacial score (nSPS) is 11.8. The number of aliphatic hydroxyl groups excluding tert-OH is 1. The van der Waals surface area contributed by atoms with Crippen LogP contribution in [0.3, 0.4) is 0 Å². The number of aromatic amines is 1. The van der Waals surface area contributed by atoms with Crippen molar-refractivity contribution in [1.29, 1.82) is 0 Å². The molecule has 0 aromatic carbocycles. The van der Waals surface area contributed by atoms with E-state index in [0.717, 1.165) is 6.07 Å². The van der Waals surface area contributed by atoms with Crippen molar-refractivity contribution < 1.29 is 18.3 Å². The van der Waals surface area contributed by atoms with Gasteiger partial charge in [-0.2, -0.15) is 18.3 Å². The van der Waals surface area contributed by atoms with Crippen LogP contribution >= 0.6 is 0 Å². The highest BCUT2D eigenvalue weighted by Crippen LogP contribution is 2.37. The first kappa shape index (κ1) is 15.2. The van der Waals surface area contributed by atoms with E-state index in [2.05, 4.69) is 25.5 Å². The Labute approximate surface area is 128 Å². The van der Waals surface area contributed by atoms with E-state index in [1.165, 1.54) is 12.3 Å². The van der Waals surface area contributed by atoms with Crippen molar-refractivity contribution in [1.82, 2.24) is 20.2 Å². The summed E-state index contributed by atoms with van der Waals surface area (Å²) in [5, 5.41) is 18.5. The van der Waals surface area contributed by atoms with E-state index in [1.807, 2.05) is 0 Å². The molecule has 6 nitrogen and oxygen atoms in total. The van der Waals surface area contributed by atoms with Gasteiger partial charge in [0.25, 0.3) is 0 Å². The van der Waals surface area contributed by atoms with Gasteiger partial charge in [0.05, 0.1) is 17.9 Å². The topological polar surface area (TPSA) is 86.7 Å². The fraction of sp³-hybridized carbons (Fsp3) is 0.214. The predicted octanol–water partition coefficient (Wildman–Crippen LogP) is 2.44. The van der Waals surface area contributed by atoms with Crippen molar-refractivity contribution in [3.63, 3.8) is 0 Å². The SMILES string of the molecule is OCCNc1ccc(C(F)(F)F)c(-c2[nH]nc3ncccc23)n1. The van der Waals surface area contributed by atoms with Crippen LogP contribution in [0, 0.1) is 0 Å². The van der Waals surface area contributed by atoms with Crippen molar-refractivity contribution in [2.75, 3.05) is 18.5 Å². The molecule has 3 aromatic rings. The first-order valence-corrected chi connectivity index (χ1v) is 6.73. The van der Waals surface area contributed by atoms with Gasteiger partial charge in [-0.1, -0.05) is 0 Å². The summed E-state index contributed by atoms with van der Waals surface area (Å²) in [6.07, 6.45) is -3.05. The van der Waals surface area contributed by atoms with Gasteiger partial charge in [0.2, 0.25) is 0 Å². The molecule has 9 heteroatoms. The lowest BCUT2D eigenvalue weighted by Gasteiger charge is -2.13. The quantitative estimate of drug-likeness (QED) is 0.686. The number of hydrogen-bond donors (Lipinski definition) is 3. The zero-order valence-electron chi connectivity index (χ0n) is 11.7. The molecule has 0 aliphatic carbocycles. The number of nitrogens with zero attached hydrogens (tertiary/aromatic N) is 3. The second kappa shape index (κ2) is 5.84. The maximum absolute atomic E-state index is 13.3. The third-order valence-electron chi connectivity index (χ3n) is 3.18. The van der Waals surface area contributed by atoms with Gasteiger partial charge in [0, 0.05) is 18.1 Å². The zero-order chi connectivity index (χ0) is 16.4. The van der Waals surface area contributed by atoms with Crippen LogP contribution in [0.25, 0.3) is 22.4 Å². The molecule has 23 heavy (non-hydrogen) atoms. The maximum atomic E-state index is 13.3. The van der Waals surface area contributed by atoms with Crippen LogP contribution < -0.4 is 5.32 Å². The number of aliphatic hydroxyl groups is 1. The number of aromatic nitrogens is 4. The van der Waals surface area contributed by atoms with E-state index in [0.29, 0.717) is 11.0 Å². The summed E-state index contributed by atoms with van der Waals surface area (Å²) < 4.78 is 39.8. The fourth-order valence-corrected chi connectivity index (χ4v) is 2.19. The minimum absolute atomic E-state index is 0.146. The molecule has 0 aliphatic heterocycles.